The van der Waals surface area contributed by atoms with Gasteiger partial charge in [-0.25, -0.2) is 0 Å². The summed E-state index contributed by atoms with van der Waals surface area (Å²) in [4.78, 5) is 10.9. The summed E-state index contributed by atoms with van der Waals surface area (Å²) in [6.07, 6.45) is 0.669. The van der Waals surface area contributed by atoms with E-state index in [2.05, 4.69) is 17.5 Å². The normalized spacial score (nSPS) is 12.8. The lowest BCUT2D eigenvalue weighted by Gasteiger charge is -2.08. The molecule has 0 radical (unpaired) electrons. The number of rotatable bonds is 5. The Morgan fingerprint density at radius 3 is 2.94 bits per heavy atom. The van der Waals surface area contributed by atoms with E-state index in [1.807, 2.05) is 19.1 Å². The fraction of sp³-hybridized carbons (Fsp3) is 0.308. The molecule has 0 aliphatic heterocycles. The van der Waals surface area contributed by atoms with Crippen LogP contribution < -0.4 is 0 Å². The number of thioether (sulfide) groups is 1. The molecule has 0 bridgehead atoms. The molecule has 0 aliphatic carbocycles. The topological polar surface area (TPSA) is 37.3 Å². The quantitative estimate of drug-likeness (QED) is 0.889. The summed E-state index contributed by atoms with van der Waals surface area (Å²) in [6, 6.07) is 8.26. The molecule has 90 valence electrons. The summed E-state index contributed by atoms with van der Waals surface area (Å²) in [6.45, 7) is 1.91. The molecule has 2 nitrogen and oxygen atoms in total. The second kappa shape index (κ2) is 5.56. The van der Waals surface area contributed by atoms with Crippen LogP contribution in [0, 0.1) is 0 Å². The van der Waals surface area contributed by atoms with Crippen molar-refractivity contribution in [3.63, 3.8) is 0 Å². The number of hydrogen-bond donors (Lipinski definition) is 1. The predicted molar refractivity (Wildman–Crippen MR) is 74.8 cm³/mol. The number of benzene rings is 1. The van der Waals surface area contributed by atoms with Crippen molar-refractivity contribution in [1.82, 2.24) is 0 Å². The van der Waals surface area contributed by atoms with E-state index < -0.39 is 5.97 Å². The summed E-state index contributed by atoms with van der Waals surface area (Å²) in [5.41, 5.74) is 1.25. The maximum Gasteiger partial charge on any atom is 0.316 e. The molecular formula is C13H14O2S2. The number of thiophene rings is 1. The molecule has 1 atom stereocenters. The van der Waals surface area contributed by atoms with Crippen molar-refractivity contribution < 1.29 is 9.90 Å². The zero-order chi connectivity index (χ0) is 12.3. The minimum atomic E-state index is -0.711. The SMILES string of the molecule is CCC(SCc1csc2ccccc12)C(=O)O. The van der Waals surface area contributed by atoms with Gasteiger partial charge >= 0.3 is 5.97 Å². The van der Waals surface area contributed by atoms with Gasteiger partial charge in [-0.2, -0.15) is 0 Å². The van der Waals surface area contributed by atoms with Crippen molar-refractivity contribution in [2.75, 3.05) is 0 Å². The first-order valence-electron chi connectivity index (χ1n) is 5.52. The number of hydrogen-bond acceptors (Lipinski definition) is 3. The van der Waals surface area contributed by atoms with Crippen LogP contribution in [0.3, 0.4) is 0 Å². The Morgan fingerprint density at radius 2 is 2.24 bits per heavy atom. The molecule has 4 heteroatoms. The monoisotopic (exact) mass is 266 g/mol. The molecule has 1 heterocycles. The lowest BCUT2D eigenvalue weighted by molar-refractivity contribution is -0.136. The Balaban J connectivity index is 2.11. The van der Waals surface area contributed by atoms with E-state index in [1.54, 1.807) is 11.3 Å². The Bertz CT molecular complexity index is 519. The average Bonchev–Trinajstić information content (AvgIpc) is 2.73. The van der Waals surface area contributed by atoms with Crippen LogP contribution in [0.5, 0.6) is 0 Å². The van der Waals surface area contributed by atoms with Gasteiger partial charge in [0.1, 0.15) is 5.25 Å². The molecule has 1 unspecified atom stereocenters. The number of carboxylic acids is 1. The summed E-state index contributed by atoms with van der Waals surface area (Å²) >= 11 is 3.23. The molecule has 17 heavy (non-hydrogen) atoms. The van der Waals surface area contributed by atoms with Gasteiger partial charge in [0, 0.05) is 10.5 Å². The predicted octanol–water partition coefficient (Wildman–Crippen LogP) is 4.00. The standard InChI is InChI=1S/C13H14O2S2/c1-2-11(13(14)15)16-7-9-8-17-12-6-4-3-5-10(9)12/h3-6,8,11H,2,7H2,1H3,(H,14,15). The van der Waals surface area contributed by atoms with Crippen molar-refractivity contribution in [1.29, 1.82) is 0 Å². The van der Waals surface area contributed by atoms with E-state index in [4.69, 9.17) is 5.11 Å². The third-order valence-corrected chi connectivity index (χ3v) is 5.07. The molecular weight excluding hydrogens is 252 g/mol. The van der Waals surface area contributed by atoms with E-state index in [-0.39, 0.29) is 5.25 Å². The van der Waals surface area contributed by atoms with E-state index in [9.17, 15) is 4.79 Å². The average molecular weight is 266 g/mol. The van der Waals surface area contributed by atoms with Crippen molar-refractivity contribution in [3.8, 4) is 0 Å². The van der Waals surface area contributed by atoms with Crippen molar-refractivity contribution >= 4 is 39.2 Å². The van der Waals surface area contributed by atoms with Crippen molar-refractivity contribution in [2.45, 2.75) is 24.3 Å². The van der Waals surface area contributed by atoms with E-state index in [0.29, 0.717) is 6.42 Å². The molecule has 0 aliphatic rings. The highest BCUT2D eigenvalue weighted by molar-refractivity contribution is 7.99. The first-order valence-corrected chi connectivity index (χ1v) is 7.44. The van der Waals surface area contributed by atoms with Crippen LogP contribution in [-0.2, 0) is 10.5 Å². The Kier molecular flexibility index (Phi) is 4.07. The van der Waals surface area contributed by atoms with Crippen LogP contribution in [0.2, 0.25) is 0 Å². The van der Waals surface area contributed by atoms with Crippen molar-refractivity contribution in [3.05, 3.63) is 35.2 Å². The molecule has 1 aromatic carbocycles. The third-order valence-electron chi connectivity index (χ3n) is 2.65. The number of carboxylic acid groups (broad SMARTS) is 1. The molecule has 1 N–H and O–H groups in total. The van der Waals surface area contributed by atoms with Gasteiger partial charge in [0.15, 0.2) is 0 Å². The summed E-state index contributed by atoms with van der Waals surface area (Å²) < 4.78 is 1.27. The van der Waals surface area contributed by atoms with Gasteiger partial charge in [-0.15, -0.1) is 23.1 Å². The number of carbonyl (C=O) groups is 1. The highest BCUT2D eigenvalue weighted by atomic mass is 32.2. The maximum absolute atomic E-state index is 10.9. The molecule has 0 saturated heterocycles. The van der Waals surface area contributed by atoms with E-state index >= 15 is 0 Å². The van der Waals surface area contributed by atoms with Gasteiger partial charge in [-0.3, -0.25) is 4.79 Å². The number of fused-ring (bicyclic) bond motifs is 1. The van der Waals surface area contributed by atoms with Gasteiger partial charge in [0.05, 0.1) is 0 Å². The van der Waals surface area contributed by atoms with Gasteiger partial charge in [0.25, 0.3) is 0 Å². The van der Waals surface area contributed by atoms with Crippen LogP contribution in [0.4, 0.5) is 0 Å². The molecule has 1 aromatic heterocycles. The molecule has 0 fully saturated rings. The highest BCUT2D eigenvalue weighted by Crippen LogP contribution is 2.30. The maximum atomic E-state index is 10.9. The van der Waals surface area contributed by atoms with Crippen LogP contribution >= 0.6 is 23.1 Å². The van der Waals surface area contributed by atoms with E-state index in [1.165, 1.54) is 27.4 Å². The Morgan fingerprint density at radius 1 is 1.47 bits per heavy atom. The minimum absolute atomic E-state index is 0.298. The molecule has 0 amide bonds. The second-order valence-corrected chi connectivity index (χ2v) is 5.91. The fourth-order valence-electron chi connectivity index (χ4n) is 1.70. The molecule has 2 aromatic rings. The largest absolute Gasteiger partial charge is 0.480 e. The summed E-state index contributed by atoms with van der Waals surface area (Å²) in [5.74, 6) is 0.0616. The molecule has 0 saturated carbocycles. The Labute approximate surface area is 109 Å². The molecule has 2 rings (SSSR count). The van der Waals surface area contributed by atoms with Gasteiger partial charge in [0.2, 0.25) is 0 Å². The van der Waals surface area contributed by atoms with Gasteiger partial charge in [-0.05, 0) is 28.8 Å². The fourth-order valence-corrected chi connectivity index (χ4v) is 3.76. The smallest absolute Gasteiger partial charge is 0.316 e. The van der Waals surface area contributed by atoms with Crippen LogP contribution in [0.25, 0.3) is 10.1 Å². The second-order valence-electron chi connectivity index (χ2n) is 3.80. The molecule has 0 spiro atoms. The van der Waals surface area contributed by atoms with Crippen LogP contribution in [0.1, 0.15) is 18.9 Å². The highest BCUT2D eigenvalue weighted by Gasteiger charge is 2.16. The minimum Gasteiger partial charge on any atom is -0.480 e. The summed E-state index contributed by atoms with van der Waals surface area (Å²) in [5, 5.41) is 12.1. The first kappa shape index (κ1) is 12.5. The summed E-state index contributed by atoms with van der Waals surface area (Å²) in [7, 11) is 0. The number of aliphatic carboxylic acids is 1. The first-order chi connectivity index (χ1) is 8.22. The van der Waals surface area contributed by atoms with Gasteiger partial charge < -0.3 is 5.11 Å². The van der Waals surface area contributed by atoms with Gasteiger partial charge in [-0.1, -0.05) is 25.1 Å². The zero-order valence-corrected chi connectivity index (χ0v) is 11.2. The van der Waals surface area contributed by atoms with Crippen molar-refractivity contribution in [2.24, 2.45) is 0 Å². The van der Waals surface area contributed by atoms with E-state index in [0.717, 1.165) is 5.75 Å². The lowest BCUT2D eigenvalue weighted by atomic mass is 10.2. The van der Waals surface area contributed by atoms with Crippen LogP contribution in [0.15, 0.2) is 29.6 Å². The van der Waals surface area contributed by atoms with Crippen LogP contribution in [-0.4, -0.2) is 16.3 Å². The zero-order valence-electron chi connectivity index (χ0n) is 9.55. The lowest BCUT2D eigenvalue weighted by Crippen LogP contribution is -2.14. The third kappa shape index (κ3) is 2.82. The Hall–Kier alpha value is -1.00.